The Morgan fingerprint density at radius 1 is 1.25 bits per heavy atom. The first-order valence-electron chi connectivity index (χ1n) is 8.57. The molecule has 1 aromatic carbocycles. The van der Waals surface area contributed by atoms with Crippen molar-refractivity contribution in [2.75, 3.05) is 0 Å². The molecule has 122 valence electrons. The molecule has 2 atom stereocenters. The Hall–Kier alpha value is -2.40. The van der Waals surface area contributed by atoms with E-state index in [0.29, 0.717) is 17.8 Å². The average Bonchev–Trinajstić information content (AvgIpc) is 3.06. The van der Waals surface area contributed by atoms with Gasteiger partial charge in [0.1, 0.15) is 5.75 Å². The molecule has 0 unspecified atom stereocenters. The van der Waals surface area contributed by atoms with Crippen molar-refractivity contribution in [1.29, 1.82) is 0 Å². The van der Waals surface area contributed by atoms with Gasteiger partial charge in [-0.3, -0.25) is 4.90 Å². The van der Waals surface area contributed by atoms with Crippen LogP contribution in [-0.4, -0.2) is 30.6 Å². The molecule has 1 fully saturated rings. The maximum Gasteiger partial charge on any atom is 0.155 e. The predicted octanol–water partition coefficient (Wildman–Crippen LogP) is 3.01. The summed E-state index contributed by atoms with van der Waals surface area (Å²) < 4.78 is 2.04. The van der Waals surface area contributed by atoms with Crippen LogP contribution in [0, 0.1) is 6.92 Å². The summed E-state index contributed by atoms with van der Waals surface area (Å²) in [5.74, 6) is 0.340. The summed E-state index contributed by atoms with van der Waals surface area (Å²) in [7, 11) is 0. The van der Waals surface area contributed by atoms with E-state index in [1.165, 1.54) is 29.7 Å². The number of phenols is 1. The van der Waals surface area contributed by atoms with E-state index in [9.17, 15) is 5.11 Å². The molecule has 5 heteroatoms. The number of benzene rings is 1. The summed E-state index contributed by atoms with van der Waals surface area (Å²) in [6.45, 7) is 2.89. The molecule has 24 heavy (non-hydrogen) atoms. The second-order valence-electron chi connectivity index (χ2n) is 7.01. The first kappa shape index (κ1) is 14.0. The van der Waals surface area contributed by atoms with Gasteiger partial charge < -0.3 is 5.11 Å². The summed E-state index contributed by atoms with van der Waals surface area (Å²) in [6, 6.07) is 10.6. The van der Waals surface area contributed by atoms with Crippen LogP contribution in [0.15, 0.2) is 36.5 Å². The Kier molecular flexibility index (Phi) is 2.94. The first-order valence-corrected chi connectivity index (χ1v) is 8.57. The summed E-state index contributed by atoms with van der Waals surface area (Å²) in [5.41, 5.74) is 5.78. The Labute approximate surface area is 140 Å². The van der Waals surface area contributed by atoms with Crippen LogP contribution < -0.4 is 0 Å². The van der Waals surface area contributed by atoms with Crippen molar-refractivity contribution < 1.29 is 5.11 Å². The second-order valence-corrected chi connectivity index (χ2v) is 7.01. The number of hydrogen-bond donors (Lipinski definition) is 1. The van der Waals surface area contributed by atoms with Crippen molar-refractivity contribution in [3.63, 3.8) is 0 Å². The molecule has 0 radical (unpaired) electrons. The molecule has 2 bridgehead atoms. The molecule has 5 rings (SSSR count). The third kappa shape index (κ3) is 2.04. The fourth-order valence-corrected chi connectivity index (χ4v) is 4.41. The largest absolute Gasteiger partial charge is 0.508 e. The van der Waals surface area contributed by atoms with Crippen molar-refractivity contribution >= 4 is 5.65 Å². The lowest BCUT2D eigenvalue weighted by atomic mass is 9.98. The van der Waals surface area contributed by atoms with Crippen LogP contribution in [0.5, 0.6) is 5.75 Å². The van der Waals surface area contributed by atoms with Gasteiger partial charge in [-0.15, -0.1) is 0 Å². The molecular formula is C19H20N4O. The maximum absolute atomic E-state index is 9.73. The normalized spacial score (nSPS) is 22.9. The van der Waals surface area contributed by atoms with Gasteiger partial charge in [0, 0.05) is 42.9 Å². The van der Waals surface area contributed by atoms with Gasteiger partial charge in [-0.2, -0.15) is 5.10 Å². The van der Waals surface area contributed by atoms with Crippen LogP contribution in [0.3, 0.4) is 0 Å². The van der Waals surface area contributed by atoms with Gasteiger partial charge in [0.15, 0.2) is 5.65 Å². The number of phenolic OH excluding ortho intramolecular Hbond substituents is 1. The molecular weight excluding hydrogens is 300 g/mol. The molecule has 0 saturated carbocycles. The molecule has 5 nitrogen and oxygen atoms in total. The quantitative estimate of drug-likeness (QED) is 0.788. The number of aromatic hydroxyl groups is 1. The fraction of sp³-hybridized carbons (Fsp3) is 0.368. The van der Waals surface area contributed by atoms with Crippen molar-refractivity contribution in [2.24, 2.45) is 0 Å². The SMILES string of the molecule is Cc1cc2ncc3c(n2n1)C[C@@H]1CC[C@H]3N1Cc1cccc(O)c1. The fourth-order valence-electron chi connectivity index (χ4n) is 4.41. The van der Waals surface area contributed by atoms with Crippen molar-refractivity contribution in [2.45, 2.75) is 44.8 Å². The minimum absolute atomic E-state index is 0.340. The summed E-state index contributed by atoms with van der Waals surface area (Å²) >= 11 is 0. The van der Waals surface area contributed by atoms with E-state index in [1.54, 1.807) is 6.07 Å². The molecule has 1 saturated heterocycles. The lowest BCUT2D eigenvalue weighted by Crippen LogP contribution is -2.38. The number of rotatable bonds is 2. The highest BCUT2D eigenvalue weighted by Gasteiger charge is 2.41. The Morgan fingerprint density at radius 2 is 2.17 bits per heavy atom. The second kappa shape index (κ2) is 5.05. The number of aryl methyl sites for hydroxylation is 1. The molecule has 0 amide bonds. The molecule has 2 aromatic heterocycles. The average molecular weight is 320 g/mol. The predicted molar refractivity (Wildman–Crippen MR) is 90.8 cm³/mol. The zero-order valence-electron chi connectivity index (χ0n) is 13.7. The lowest BCUT2D eigenvalue weighted by Gasteiger charge is -2.36. The van der Waals surface area contributed by atoms with Gasteiger partial charge in [0.2, 0.25) is 0 Å². The van der Waals surface area contributed by atoms with Crippen LogP contribution in [0.2, 0.25) is 0 Å². The highest BCUT2D eigenvalue weighted by molar-refractivity contribution is 5.44. The highest BCUT2D eigenvalue weighted by atomic mass is 16.3. The van der Waals surface area contributed by atoms with Crippen LogP contribution in [-0.2, 0) is 13.0 Å². The van der Waals surface area contributed by atoms with E-state index in [1.807, 2.05) is 35.8 Å². The van der Waals surface area contributed by atoms with E-state index < -0.39 is 0 Å². The van der Waals surface area contributed by atoms with E-state index in [-0.39, 0.29) is 0 Å². The van der Waals surface area contributed by atoms with Gasteiger partial charge in [0.25, 0.3) is 0 Å². The smallest absolute Gasteiger partial charge is 0.155 e. The Bertz CT molecular complexity index is 932. The third-order valence-electron chi connectivity index (χ3n) is 5.44. The first-order chi connectivity index (χ1) is 11.7. The molecule has 4 heterocycles. The van der Waals surface area contributed by atoms with Gasteiger partial charge in [0.05, 0.1) is 11.4 Å². The molecule has 2 aliphatic rings. The van der Waals surface area contributed by atoms with E-state index in [4.69, 9.17) is 0 Å². The lowest BCUT2D eigenvalue weighted by molar-refractivity contribution is 0.165. The third-order valence-corrected chi connectivity index (χ3v) is 5.44. The van der Waals surface area contributed by atoms with Crippen molar-refractivity contribution in [3.05, 3.63) is 59.0 Å². The zero-order chi connectivity index (χ0) is 16.3. The van der Waals surface area contributed by atoms with Crippen LogP contribution >= 0.6 is 0 Å². The molecule has 0 aliphatic carbocycles. The van der Waals surface area contributed by atoms with Gasteiger partial charge in [-0.25, -0.2) is 9.50 Å². The zero-order valence-corrected chi connectivity index (χ0v) is 13.7. The molecule has 3 aromatic rings. The van der Waals surface area contributed by atoms with Crippen LogP contribution in [0.4, 0.5) is 0 Å². The van der Waals surface area contributed by atoms with Gasteiger partial charge in [-0.1, -0.05) is 12.1 Å². The molecule has 0 spiro atoms. The van der Waals surface area contributed by atoms with Gasteiger partial charge >= 0.3 is 0 Å². The summed E-state index contributed by atoms with van der Waals surface area (Å²) in [5, 5.41) is 14.4. The number of hydrogen-bond acceptors (Lipinski definition) is 4. The topological polar surface area (TPSA) is 53.7 Å². The van der Waals surface area contributed by atoms with Crippen molar-refractivity contribution in [1.82, 2.24) is 19.5 Å². The summed E-state index contributed by atoms with van der Waals surface area (Å²) in [4.78, 5) is 7.19. The highest BCUT2D eigenvalue weighted by Crippen LogP contribution is 2.44. The van der Waals surface area contributed by atoms with Crippen LogP contribution in [0.25, 0.3) is 5.65 Å². The minimum Gasteiger partial charge on any atom is -0.508 e. The maximum atomic E-state index is 9.73. The minimum atomic E-state index is 0.340. The van der Waals surface area contributed by atoms with E-state index >= 15 is 0 Å². The standard InChI is InChI=1S/C19H20N4O/c1-12-7-19-20-10-16-17-6-5-14(9-18(16)23(19)21-12)22(17)11-13-3-2-4-15(24)8-13/h2-4,7-8,10,14,17,24H,5-6,9,11H2,1H3/t14-,17+/m0/s1. The number of aromatic nitrogens is 3. The monoisotopic (exact) mass is 320 g/mol. The van der Waals surface area contributed by atoms with E-state index in [2.05, 4.69) is 21.0 Å². The molecule has 2 aliphatic heterocycles. The van der Waals surface area contributed by atoms with Crippen molar-refractivity contribution in [3.8, 4) is 5.75 Å². The van der Waals surface area contributed by atoms with Crippen LogP contribution in [0.1, 0.15) is 41.4 Å². The Morgan fingerprint density at radius 3 is 3.04 bits per heavy atom. The Balaban J connectivity index is 1.54. The number of fused-ring (bicyclic) bond motifs is 6. The molecule has 1 N–H and O–H groups in total. The van der Waals surface area contributed by atoms with Gasteiger partial charge in [-0.05, 0) is 37.5 Å². The summed E-state index contributed by atoms with van der Waals surface area (Å²) in [6.07, 6.45) is 5.45. The number of nitrogens with zero attached hydrogens (tertiary/aromatic N) is 4. The van der Waals surface area contributed by atoms with E-state index in [0.717, 1.165) is 24.3 Å².